The minimum atomic E-state index is 0.175. The SMILES string of the molecule is CNC(Cc1ccoc1)c1cccc2c1OCCO2. The minimum absolute atomic E-state index is 0.175. The second-order valence-electron chi connectivity index (χ2n) is 4.55. The Kier molecular flexibility index (Phi) is 3.42. The van der Waals surface area contributed by atoms with Crippen molar-refractivity contribution < 1.29 is 13.9 Å². The lowest BCUT2D eigenvalue weighted by molar-refractivity contribution is 0.168. The van der Waals surface area contributed by atoms with Gasteiger partial charge in [-0.2, -0.15) is 0 Å². The number of likely N-dealkylation sites (N-methyl/N-ethyl adjacent to an activating group) is 1. The molecular formula is C15H17NO3. The third-order valence-electron chi connectivity index (χ3n) is 3.34. The van der Waals surface area contributed by atoms with Crippen molar-refractivity contribution in [2.24, 2.45) is 0 Å². The summed E-state index contributed by atoms with van der Waals surface area (Å²) >= 11 is 0. The van der Waals surface area contributed by atoms with Gasteiger partial charge in [-0.25, -0.2) is 0 Å². The third-order valence-corrected chi connectivity index (χ3v) is 3.34. The van der Waals surface area contributed by atoms with Gasteiger partial charge in [-0.3, -0.25) is 0 Å². The van der Waals surface area contributed by atoms with Crippen LogP contribution in [0.4, 0.5) is 0 Å². The van der Waals surface area contributed by atoms with Gasteiger partial charge in [0.2, 0.25) is 0 Å². The molecule has 0 fully saturated rings. The average molecular weight is 259 g/mol. The van der Waals surface area contributed by atoms with Gasteiger partial charge in [-0.05, 0) is 31.2 Å². The molecule has 0 spiro atoms. The van der Waals surface area contributed by atoms with Crippen LogP contribution in [0, 0.1) is 0 Å². The summed E-state index contributed by atoms with van der Waals surface area (Å²) in [4.78, 5) is 0. The van der Waals surface area contributed by atoms with E-state index in [1.807, 2.05) is 25.2 Å². The fourth-order valence-electron chi connectivity index (χ4n) is 2.38. The van der Waals surface area contributed by atoms with Crippen LogP contribution in [0.3, 0.4) is 0 Å². The molecular weight excluding hydrogens is 242 g/mol. The molecule has 2 heterocycles. The Hall–Kier alpha value is -1.94. The van der Waals surface area contributed by atoms with Crippen molar-refractivity contribution in [3.8, 4) is 11.5 Å². The first-order chi connectivity index (χ1) is 9.38. The zero-order valence-corrected chi connectivity index (χ0v) is 10.9. The van der Waals surface area contributed by atoms with Crippen LogP contribution in [0.25, 0.3) is 0 Å². The largest absolute Gasteiger partial charge is 0.486 e. The van der Waals surface area contributed by atoms with Gasteiger partial charge in [0.1, 0.15) is 13.2 Å². The second kappa shape index (κ2) is 5.36. The lowest BCUT2D eigenvalue weighted by Crippen LogP contribution is -2.22. The Bertz CT molecular complexity index is 536. The number of nitrogens with one attached hydrogen (secondary N) is 1. The fourth-order valence-corrected chi connectivity index (χ4v) is 2.38. The van der Waals surface area contributed by atoms with Crippen molar-refractivity contribution in [2.45, 2.75) is 12.5 Å². The fraction of sp³-hybridized carbons (Fsp3) is 0.333. The topological polar surface area (TPSA) is 43.6 Å². The third kappa shape index (κ3) is 2.44. The lowest BCUT2D eigenvalue weighted by atomic mass is 9.99. The summed E-state index contributed by atoms with van der Waals surface area (Å²) in [5.74, 6) is 1.69. The Labute approximate surface area is 112 Å². The van der Waals surface area contributed by atoms with E-state index < -0.39 is 0 Å². The average Bonchev–Trinajstić information content (AvgIpc) is 2.97. The lowest BCUT2D eigenvalue weighted by Gasteiger charge is -2.25. The summed E-state index contributed by atoms with van der Waals surface area (Å²) < 4.78 is 16.5. The van der Waals surface area contributed by atoms with E-state index in [0.717, 1.165) is 29.0 Å². The van der Waals surface area contributed by atoms with Crippen LogP contribution in [0.1, 0.15) is 17.2 Å². The number of fused-ring (bicyclic) bond motifs is 1. The summed E-state index contributed by atoms with van der Waals surface area (Å²) in [6, 6.07) is 8.19. The molecule has 100 valence electrons. The van der Waals surface area contributed by atoms with E-state index in [0.29, 0.717) is 13.2 Å². The van der Waals surface area contributed by atoms with Gasteiger partial charge in [0.05, 0.1) is 12.5 Å². The highest BCUT2D eigenvalue weighted by atomic mass is 16.6. The molecule has 2 aromatic rings. The molecule has 0 bridgehead atoms. The van der Waals surface area contributed by atoms with E-state index in [1.165, 1.54) is 0 Å². The number of furan rings is 1. The number of para-hydroxylation sites is 1. The molecule has 1 aromatic carbocycles. The van der Waals surface area contributed by atoms with Crippen molar-refractivity contribution in [1.82, 2.24) is 5.32 Å². The molecule has 0 saturated carbocycles. The van der Waals surface area contributed by atoms with E-state index >= 15 is 0 Å². The number of rotatable bonds is 4. The van der Waals surface area contributed by atoms with Crippen LogP contribution in [0.5, 0.6) is 11.5 Å². The Morgan fingerprint density at radius 2 is 2.11 bits per heavy atom. The normalized spacial score (nSPS) is 15.2. The van der Waals surface area contributed by atoms with Gasteiger partial charge < -0.3 is 19.2 Å². The van der Waals surface area contributed by atoms with Crippen LogP contribution in [0.2, 0.25) is 0 Å². The summed E-state index contributed by atoms with van der Waals surface area (Å²) in [5, 5.41) is 3.33. The highest BCUT2D eigenvalue weighted by Crippen LogP contribution is 2.37. The van der Waals surface area contributed by atoms with Crippen LogP contribution in [0.15, 0.2) is 41.2 Å². The van der Waals surface area contributed by atoms with E-state index in [2.05, 4.69) is 11.4 Å². The summed E-state index contributed by atoms with van der Waals surface area (Å²) in [6.45, 7) is 1.22. The maximum atomic E-state index is 5.77. The molecule has 1 atom stereocenters. The van der Waals surface area contributed by atoms with Crippen molar-refractivity contribution >= 4 is 0 Å². The molecule has 0 amide bonds. The maximum absolute atomic E-state index is 5.77. The first-order valence-electron chi connectivity index (χ1n) is 6.45. The van der Waals surface area contributed by atoms with Crippen LogP contribution in [-0.2, 0) is 6.42 Å². The smallest absolute Gasteiger partial charge is 0.166 e. The molecule has 3 rings (SSSR count). The Balaban J connectivity index is 1.90. The van der Waals surface area contributed by atoms with E-state index in [1.54, 1.807) is 12.5 Å². The first-order valence-corrected chi connectivity index (χ1v) is 6.45. The zero-order chi connectivity index (χ0) is 13.1. The molecule has 19 heavy (non-hydrogen) atoms. The zero-order valence-electron chi connectivity index (χ0n) is 10.9. The van der Waals surface area contributed by atoms with E-state index in [9.17, 15) is 0 Å². The van der Waals surface area contributed by atoms with E-state index in [-0.39, 0.29) is 6.04 Å². The number of ether oxygens (including phenoxy) is 2. The molecule has 1 aliphatic rings. The van der Waals surface area contributed by atoms with Crippen LogP contribution in [-0.4, -0.2) is 20.3 Å². The van der Waals surface area contributed by atoms with Gasteiger partial charge in [-0.15, -0.1) is 0 Å². The second-order valence-corrected chi connectivity index (χ2v) is 4.55. The van der Waals surface area contributed by atoms with Crippen molar-refractivity contribution in [3.05, 3.63) is 47.9 Å². The van der Waals surface area contributed by atoms with Crippen molar-refractivity contribution in [2.75, 3.05) is 20.3 Å². The highest BCUT2D eigenvalue weighted by molar-refractivity contribution is 5.49. The quantitative estimate of drug-likeness (QED) is 0.916. The number of benzene rings is 1. The van der Waals surface area contributed by atoms with Gasteiger partial charge in [0, 0.05) is 11.6 Å². The van der Waals surface area contributed by atoms with Crippen molar-refractivity contribution in [3.63, 3.8) is 0 Å². The molecule has 4 heteroatoms. The van der Waals surface area contributed by atoms with Gasteiger partial charge >= 0.3 is 0 Å². The molecule has 0 saturated heterocycles. The van der Waals surface area contributed by atoms with E-state index in [4.69, 9.17) is 13.9 Å². The first kappa shape index (κ1) is 12.1. The standard InChI is InChI=1S/C15H17NO3/c1-16-13(9-11-5-6-17-10-11)12-3-2-4-14-15(12)19-8-7-18-14/h2-6,10,13,16H,7-9H2,1H3. The maximum Gasteiger partial charge on any atom is 0.166 e. The molecule has 4 nitrogen and oxygen atoms in total. The predicted molar refractivity (Wildman–Crippen MR) is 71.6 cm³/mol. The molecule has 1 N–H and O–H groups in total. The summed E-state index contributed by atoms with van der Waals surface area (Å²) in [5.41, 5.74) is 2.29. The molecule has 1 aliphatic heterocycles. The highest BCUT2D eigenvalue weighted by Gasteiger charge is 2.21. The minimum Gasteiger partial charge on any atom is -0.486 e. The molecule has 0 aliphatic carbocycles. The van der Waals surface area contributed by atoms with Crippen molar-refractivity contribution in [1.29, 1.82) is 0 Å². The Morgan fingerprint density at radius 3 is 2.89 bits per heavy atom. The summed E-state index contributed by atoms with van der Waals surface area (Å²) in [7, 11) is 1.95. The van der Waals surface area contributed by atoms with Crippen LogP contribution < -0.4 is 14.8 Å². The number of hydrogen-bond acceptors (Lipinski definition) is 4. The van der Waals surface area contributed by atoms with Gasteiger partial charge in [0.15, 0.2) is 11.5 Å². The van der Waals surface area contributed by atoms with Gasteiger partial charge in [0.25, 0.3) is 0 Å². The molecule has 0 radical (unpaired) electrons. The monoisotopic (exact) mass is 259 g/mol. The predicted octanol–water partition coefficient (Wildman–Crippen LogP) is 2.55. The molecule has 1 aromatic heterocycles. The van der Waals surface area contributed by atoms with Gasteiger partial charge in [-0.1, -0.05) is 12.1 Å². The molecule has 1 unspecified atom stereocenters. The van der Waals surface area contributed by atoms with Crippen LogP contribution >= 0.6 is 0 Å². The summed E-state index contributed by atoms with van der Waals surface area (Å²) in [6.07, 6.45) is 4.33. The number of hydrogen-bond donors (Lipinski definition) is 1. The Morgan fingerprint density at radius 1 is 1.21 bits per heavy atom.